The Morgan fingerprint density at radius 2 is 1.58 bits per heavy atom. The van der Waals surface area contributed by atoms with E-state index in [1.165, 1.54) is 44.9 Å². The van der Waals surface area contributed by atoms with Crippen LogP contribution in [-0.4, -0.2) is 19.3 Å². The van der Waals surface area contributed by atoms with Crippen LogP contribution in [-0.2, 0) is 4.74 Å². The first-order chi connectivity index (χ1) is 5.93. The van der Waals surface area contributed by atoms with Crippen LogP contribution < -0.4 is 5.73 Å². The first-order valence-electron chi connectivity index (χ1n) is 5.25. The van der Waals surface area contributed by atoms with Gasteiger partial charge in [0.1, 0.15) is 0 Å². The van der Waals surface area contributed by atoms with E-state index in [9.17, 15) is 0 Å². The molecule has 0 aromatic heterocycles. The molecule has 0 radical (unpaired) electrons. The van der Waals surface area contributed by atoms with Crippen molar-refractivity contribution in [2.75, 3.05) is 13.2 Å². The van der Waals surface area contributed by atoms with E-state index in [4.69, 9.17) is 10.5 Å². The van der Waals surface area contributed by atoms with Gasteiger partial charge in [0.05, 0.1) is 12.7 Å². The maximum Gasteiger partial charge on any atom is 0.0592 e. The average molecular weight is 171 g/mol. The van der Waals surface area contributed by atoms with Crippen LogP contribution in [0.5, 0.6) is 0 Å². The van der Waals surface area contributed by atoms with Crippen LogP contribution in [0.1, 0.15) is 44.9 Å². The molecule has 0 atom stereocenters. The van der Waals surface area contributed by atoms with Gasteiger partial charge in [-0.2, -0.15) is 0 Å². The summed E-state index contributed by atoms with van der Waals surface area (Å²) in [5.41, 5.74) is 5.39. The number of nitrogens with two attached hydrogens (primary N) is 1. The van der Waals surface area contributed by atoms with Crippen molar-refractivity contribution in [1.29, 1.82) is 0 Å². The van der Waals surface area contributed by atoms with Gasteiger partial charge in [0, 0.05) is 6.54 Å². The number of hydrogen-bond acceptors (Lipinski definition) is 2. The van der Waals surface area contributed by atoms with E-state index in [0.717, 1.165) is 6.61 Å². The molecule has 72 valence electrons. The highest BCUT2D eigenvalue weighted by atomic mass is 16.5. The molecule has 2 N–H and O–H groups in total. The molecule has 1 aliphatic carbocycles. The Balaban J connectivity index is 2.11. The van der Waals surface area contributed by atoms with Crippen LogP contribution in [0.25, 0.3) is 0 Å². The Morgan fingerprint density at radius 1 is 1.00 bits per heavy atom. The fourth-order valence-electron chi connectivity index (χ4n) is 1.82. The van der Waals surface area contributed by atoms with Crippen molar-refractivity contribution in [1.82, 2.24) is 0 Å². The highest BCUT2D eigenvalue weighted by molar-refractivity contribution is 4.62. The Hall–Kier alpha value is -0.0800. The molecular formula is C10H21NO. The summed E-state index contributed by atoms with van der Waals surface area (Å²) in [6, 6.07) is 0. The Labute approximate surface area is 75.5 Å². The van der Waals surface area contributed by atoms with Crippen LogP contribution in [0.3, 0.4) is 0 Å². The lowest BCUT2D eigenvalue weighted by molar-refractivity contribution is 0.0405. The van der Waals surface area contributed by atoms with E-state index in [0.29, 0.717) is 12.6 Å². The molecule has 0 amide bonds. The Morgan fingerprint density at radius 3 is 2.17 bits per heavy atom. The van der Waals surface area contributed by atoms with Gasteiger partial charge in [0.25, 0.3) is 0 Å². The molecule has 1 fully saturated rings. The summed E-state index contributed by atoms with van der Waals surface area (Å²) in [7, 11) is 0. The van der Waals surface area contributed by atoms with Gasteiger partial charge in [0.15, 0.2) is 0 Å². The molecule has 0 bridgehead atoms. The summed E-state index contributed by atoms with van der Waals surface area (Å²) in [6.45, 7) is 1.40. The molecule has 2 nitrogen and oxygen atoms in total. The zero-order valence-electron chi connectivity index (χ0n) is 7.93. The standard InChI is InChI=1S/C10H21NO/c11-8-9-12-10-6-4-2-1-3-5-7-10/h10H,1-9,11H2. The maximum absolute atomic E-state index is 5.64. The average Bonchev–Trinajstić information content (AvgIpc) is 2.02. The summed E-state index contributed by atoms with van der Waals surface area (Å²) >= 11 is 0. The van der Waals surface area contributed by atoms with Crippen molar-refractivity contribution < 1.29 is 4.74 Å². The molecule has 2 heteroatoms. The van der Waals surface area contributed by atoms with E-state index in [2.05, 4.69) is 0 Å². The number of hydrogen-bond donors (Lipinski definition) is 1. The zero-order chi connectivity index (χ0) is 8.65. The van der Waals surface area contributed by atoms with Crippen molar-refractivity contribution in [3.05, 3.63) is 0 Å². The minimum atomic E-state index is 0.508. The van der Waals surface area contributed by atoms with Crippen LogP contribution in [0.2, 0.25) is 0 Å². The second kappa shape index (κ2) is 6.44. The van der Waals surface area contributed by atoms with E-state index in [1.807, 2.05) is 0 Å². The molecule has 0 heterocycles. The van der Waals surface area contributed by atoms with Crippen molar-refractivity contribution in [2.45, 2.75) is 51.0 Å². The third-order valence-corrected chi connectivity index (χ3v) is 2.52. The molecule has 0 unspecified atom stereocenters. The van der Waals surface area contributed by atoms with Gasteiger partial charge in [-0.05, 0) is 12.8 Å². The molecule has 1 aliphatic rings. The van der Waals surface area contributed by atoms with Gasteiger partial charge in [-0.25, -0.2) is 0 Å². The monoisotopic (exact) mass is 171 g/mol. The lowest BCUT2D eigenvalue weighted by Gasteiger charge is -2.19. The van der Waals surface area contributed by atoms with Gasteiger partial charge >= 0.3 is 0 Å². The molecule has 1 rings (SSSR count). The number of ether oxygens (including phenoxy) is 1. The first-order valence-corrected chi connectivity index (χ1v) is 5.25. The fourth-order valence-corrected chi connectivity index (χ4v) is 1.82. The second-order valence-corrected chi connectivity index (χ2v) is 3.63. The summed E-state index contributed by atoms with van der Waals surface area (Å²) in [6.07, 6.45) is 9.90. The maximum atomic E-state index is 5.64. The predicted molar refractivity (Wildman–Crippen MR) is 51.1 cm³/mol. The van der Waals surface area contributed by atoms with Gasteiger partial charge in [0.2, 0.25) is 0 Å². The van der Waals surface area contributed by atoms with E-state index in [-0.39, 0.29) is 0 Å². The smallest absolute Gasteiger partial charge is 0.0592 e. The Bertz CT molecular complexity index is 95.3. The SMILES string of the molecule is NCCOC1CCCCCCC1. The second-order valence-electron chi connectivity index (χ2n) is 3.63. The molecule has 0 saturated heterocycles. The van der Waals surface area contributed by atoms with Crippen molar-refractivity contribution in [3.8, 4) is 0 Å². The van der Waals surface area contributed by atoms with E-state index in [1.54, 1.807) is 0 Å². The fraction of sp³-hybridized carbons (Fsp3) is 1.00. The molecule has 0 aromatic rings. The Kier molecular flexibility index (Phi) is 5.37. The molecule has 0 spiro atoms. The third kappa shape index (κ3) is 4.07. The minimum Gasteiger partial charge on any atom is -0.377 e. The van der Waals surface area contributed by atoms with Crippen LogP contribution in [0.15, 0.2) is 0 Å². The van der Waals surface area contributed by atoms with Crippen LogP contribution in [0, 0.1) is 0 Å². The van der Waals surface area contributed by atoms with Crippen molar-refractivity contribution in [3.63, 3.8) is 0 Å². The lowest BCUT2D eigenvalue weighted by Crippen LogP contribution is -2.19. The molecule has 0 aromatic carbocycles. The van der Waals surface area contributed by atoms with Gasteiger partial charge in [-0.15, -0.1) is 0 Å². The highest BCUT2D eigenvalue weighted by Gasteiger charge is 2.10. The van der Waals surface area contributed by atoms with Gasteiger partial charge < -0.3 is 10.5 Å². The summed E-state index contributed by atoms with van der Waals surface area (Å²) < 4.78 is 5.64. The first kappa shape index (κ1) is 10.0. The summed E-state index contributed by atoms with van der Waals surface area (Å²) in [5.74, 6) is 0. The lowest BCUT2D eigenvalue weighted by atomic mass is 9.99. The van der Waals surface area contributed by atoms with Crippen molar-refractivity contribution in [2.24, 2.45) is 5.73 Å². The predicted octanol–water partition coefficient (Wildman–Crippen LogP) is 2.07. The number of rotatable bonds is 3. The molecule has 12 heavy (non-hydrogen) atoms. The topological polar surface area (TPSA) is 35.2 Å². The highest BCUT2D eigenvalue weighted by Crippen LogP contribution is 2.18. The van der Waals surface area contributed by atoms with Crippen LogP contribution >= 0.6 is 0 Å². The molecule has 1 saturated carbocycles. The summed E-state index contributed by atoms with van der Waals surface area (Å²) in [5, 5.41) is 0. The minimum absolute atomic E-state index is 0.508. The van der Waals surface area contributed by atoms with E-state index >= 15 is 0 Å². The quantitative estimate of drug-likeness (QED) is 0.705. The van der Waals surface area contributed by atoms with E-state index < -0.39 is 0 Å². The van der Waals surface area contributed by atoms with Crippen LogP contribution in [0.4, 0.5) is 0 Å². The molecule has 0 aliphatic heterocycles. The largest absolute Gasteiger partial charge is 0.377 e. The zero-order valence-corrected chi connectivity index (χ0v) is 7.93. The van der Waals surface area contributed by atoms with Gasteiger partial charge in [-0.3, -0.25) is 0 Å². The van der Waals surface area contributed by atoms with Gasteiger partial charge in [-0.1, -0.05) is 32.1 Å². The molecular weight excluding hydrogens is 150 g/mol. The third-order valence-electron chi connectivity index (χ3n) is 2.52. The normalized spacial score (nSPS) is 21.8. The van der Waals surface area contributed by atoms with Crippen molar-refractivity contribution >= 4 is 0 Å². The summed E-state index contributed by atoms with van der Waals surface area (Å²) in [4.78, 5) is 0.